The van der Waals surface area contributed by atoms with Crippen LogP contribution in [0.15, 0.2) is 52.1 Å². The maximum atomic E-state index is 5.73. The van der Waals surface area contributed by atoms with Crippen LogP contribution in [0.2, 0.25) is 0 Å². The van der Waals surface area contributed by atoms with Crippen molar-refractivity contribution in [2.24, 2.45) is 4.99 Å². The van der Waals surface area contributed by atoms with E-state index in [0.717, 1.165) is 69.0 Å². The average molecular weight is 445 g/mol. The molecule has 32 heavy (non-hydrogen) atoms. The minimum absolute atomic E-state index is 0.155. The molecule has 8 heteroatoms. The van der Waals surface area contributed by atoms with Crippen molar-refractivity contribution >= 4 is 11.6 Å². The van der Waals surface area contributed by atoms with Crippen molar-refractivity contribution in [3.05, 3.63) is 48.4 Å². The Balaban J connectivity index is 1.46. The molecule has 0 amide bonds. The number of guanidine groups is 1. The topological polar surface area (TPSA) is 80.5 Å². The Kier molecular flexibility index (Phi) is 10.4. The lowest BCUT2D eigenvalue weighted by molar-refractivity contribution is 0.0389. The van der Waals surface area contributed by atoms with E-state index in [9.17, 15) is 0 Å². The number of hydrogen-bond acceptors (Lipinski definition) is 6. The van der Waals surface area contributed by atoms with Gasteiger partial charge in [0.05, 0.1) is 25.6 Å². The Bertz CT molecular complexity index is 772. The van der Waals surface area contributed by atoms with Crippen LogP contribution in [-0.4, -0.2) is 69.5 Å². The fourth-order valence-electron chi connectivity index (χ4n) is 3.25. The Morgan fingerprint density at radius 3 is 2.69 bits per heavy atom. The van der Waals surface area contributed by atoms with Crippen LogP contribution < -0.4 is 15.4 Å². The van der Waals surface area contributed by atoms with Gasteiger partial charge in [0.15, 0.2) is 5.96 Å². The van der Waals surface area contributed by atoms with Crippen molar-refractivity contribution < 1.29 is 18.6 Å². The van der Waals surface area contributed by atoms with E-state index < -0.39 is 0 Å². The number of anilines is 1. The first-order valence-electron chi connectivity index (χ1n) is 11.4. The summed E-state index contributed by atoms with van der Waals surface area (Å²) in [7, 11) is 0. The number of aliphatic imine (C=N–C) groups is 1. The second-order valence-electron chi connectivity index (χ2n) is 7.91. The van der Waals surface area contributed by atoms with Gasteiger partial charge in [0, 0.05) is 45.0 Å². The molecule has 8 nitrogen and oxygen atoms in total. The summed E-state index contributed by atoms with van der Waals surface area (Å²) < 4.78 is 22.1. The molecule has 0 saturated carbocycles. The van der Waals surface area contributed by atoms with Gasteiger partial charge in [-0.3, -0.25) is 9.89 Å². The summed E-state index contributed by atoms with van der Waals surface area (Å²) in [4.78, 5) is 7.12. The van der Waals surface area contributed by atoms with E-state index in [0.29, 0.717) is 19.8 Å². The number of ether oxygens (including phenoxy) is 3. The highest BCUT2D eigenvalue weighted by molar-refractivity contribution is 5.93. The van der Waals surface area contributed by atoms with Crippen LogP contribution in [0, 0.1) is 0 Å². The highest BCUT2D eigenvalue weighted by Crippen LogP contribution is 2.16. The first-order valence-corrected chi connectivity index (χ1v) is 11.4. The lowest BCUT2D eigenvalue weighted by Crippen LogP contribution is -2.42. The molecular weight excluding hydrogens is 408 g/mol. The van der Waals surface area contributed by atoms with Gasteiger partial charge in [-0.25, -0.2) is 0 Å². The van der Waals surface area contributed by atoms with Crippen LogP contribution in [-0.2, 0) is 16.1 Å². The van der Waals surface area contributed by atoms with Crippen molar-refractivity contribution in [1.29, 1.82) is 0 Å². The zero-order chi connectivity index (χ0) is 22.4. The van der Waals surface area contributed by atoms with E-state index in [1.54, 1.807) is 6.26 Å². The van der Waals surface area contributed by atoms with Crippen LogP contribution >= 0.6 is 0 Å². The quantitative estimate of drug-likeness (QED) is 0.295. The maximum Gasteiger partial charge on any atom is 0.195 e. The molecule has 1 aromatic carbocycles. The van der Waals surface area contributed by atoms with Gasteiger partial charge in [-0.2, -0.15) is 0 Å². The number of rotatable bonds is 12. The summed E-state index contributed by atoms with van der Waals surface area (Å²) in [6.45, 7) is 11.2. The van der Waals surface area contributed by atoms with Crippen LogP contribution in [0.1, 0.15) is 26.0 Å². The Morgan fingerprint density at radius 1 is 1.16 bits per heavy atom. The van der Waals surface area contributed by atoms with Gasteiger partial charge < -0.3 is 29.3 Å². The summed E-state index contributed by atoms with van der Waals surface area (Å²) in [5.41, 5.74) is 0.966. The van der Waals surface area contributed by atoms with Gasteiger partial charge in [-0.05, 0) is 56.7 Å². The smallest absolute Gasteiger partial charge is 0.195 e. The fourth-order valence-corrected chi connectivity index (χ4v) is 3.25. The van der Waals surface area contributed by atoms with Gasteiger partial charge in [0.2, 0.25) is 0 Å². The highest BCUT2D eigenvalue weighted by atomic mass is 16.5. The fraction of sp³-hybridized carbons (Fsp3) is 0.542. The molecule has 2 N–H and O–H groups in total. The lowest BCUT2D eigenvalue weighted by atomic mass is 10.3. The minimum atomic E-state index is 0.155. The first kappa shape index (κ1) is 24.1. The predicted molar refractivity (Wildman–Crippen MR) is 126 cm³/mol. The summed E-state index contributed by atoms with van der Waals surface area (Å²) in [5.74, 6) is 2.46. The van der Waals surface area contributed by atoms with Crippen molar-refractivity contribution in [2.45, 2.75) is 33.0 Å². The van der Waals surface area contributed by atoms with Gasteiger partial charge >= 0.3 is 0 Å². The largest absolute Gasteiger partial charge is 0.491 e. The van der Waals surface area contributed by atoms with Gasteiger partial charge in [0.1, 0.15) is 18.1 Å². The highest BCUT2D eigenvalue weighted by Gasteiger charge is 2.10. The molecule has 3 rings (SSSR count). The van der Waals surface area contributed by atoms with Crippen LogP contribution in [0.5, 0.6) is 5.75 Å². The normalized spacial score (nSPS) is 15.2. The van der Waals surface area contributed by atoms with Gasteiger partial charge in [0.25, 0.3) is 0 Å². The second-order valence-corrected chi connectivity index (χ2v) is 7.91. The van der Waals surface area contributed by atoms with Crippen LogP contribution in [0.4, 0.5) is 5.69 Å². The van der Waals surface area contributed by atoms with Crippen molar-refractivity contribution in [3.8, 4) is 5.75 Å². The van der Waals surface area contributed by atoms with Gasteiger partial charge in [-0.1, -0.05) is 0 Å². The molecule has 1 aromatic heterocycles. The third-order valence-corrected chi connectivity index (χ3v) is 4.85. The van der Waals surface area contributed by atoms with E-state index in [1.165, 1.54) is 0 Å². The van der Waals surface area contributed by atoms with E-state index in [2.05, 4.69) is 15.5 Å². The van der Waals surface area contributed by atoms with Crippen molar-refractivity contribution in [3.63, 3.8) is 0 Å². The molecular formula is C24H36N4O4. The first-order chi connectivity index (χ1) is 15.7. The molecule has 1 saturated heterocycles. The average Bonchev–Trinajstić information content (AvgIpc) is 3.31. The summed E-state index contributed by atoms with van der Waals surface area (Å²) in [6.07, 6.45) is 2.64. The molecule has 0 atom stereocenters. The Hall–Kier alpha value is -2.55. The number of furan rings is 1. The maximum absolute atomic E-state index is 5.73. The van der Waals surface area contributed by atoms with Crippen molar-refractivity contribution in [2.75, 3.05) is 57.9 Å². The van der Waals surface area contributed by atoms with Gasteiger partial charge in [-0.15, -0.1) is 0 Å². The number of hydrogen-bond donors (Lipinski definition) is 2. The number of nitrogens with one attached hydrogen (secondary N) is 2. The SMILES string of the molecule is CC(C)Oc1ccc(NC(=NCCCOCc2ccco2)NCCN2CCOCC2)cc1. The monoisotopic (exact) mass is 444 g/mol. The molecule has 0 spiro atoms. The molecule has 1 aliphatic heterocycles. The summed E-state index contributed by atoms with van der Waals surface area (Å²) in [5, 5.41) is 6.84. The Morgan fingerprint density at radius 2 is 1.97 bits per heavy atom. The third kappa shape index (κ3) is 9.30. The third-order valence-electron chi connectivity index (χ3n) is 4.85. The van der Waals surface area contributed by atoms with Crippen LogP contribution in [0.25, 0.3) is 0 Å². The zero-order valence-corrected chi connectivity index (χ0v) is 19.2. The number of morpholine rings is 1. The second kappa shape index (κ2) is 13.8. The lowest BCUT2D eigenvalue weighted by Gasteiger charge is -2.26. The molecule has 1 aliphatic rings. The Labute approximate surface area is 190 Å². The minimum Gasteiger partial charge on any atom is -0.491 e. The standard InChI is InChI=1S/C24H36N4O4/c1-20(2)32-22-8-6-21(7-9-22)27-24(26-11-12-28-13-17-29-18-14-28)25-10-4-15-30-19-23-5-3-16-31-23/h3,5-9,16,20H,4,10-15,17-19H2,1-2H3,(H2,25,26,27). The van der Waals surface area contributed by atoms with E-state index in [-0.39, 0.29) is 6.10 Å². The van der Waals surface area contributed by atoms with E-state index in [1.807, 2.05) is 50.2 Å². The molecule has 0 radical (unpaired) electrons. The van der Waals surface area contributed by atoms with E-state index >= 15 is 0 Å². The molecule has 0 unspecified atom stereocenters. The molecule has 2 heterocycles. The van der Waals surface area contributed by atoms with Crippen molar-refractivity contribution in [1.82, 2.24) is 10.2 Å². The van der Waals surface area contributed by atoms with Crippen LogP contribution in [0.3, 0.4) is 0 Å². The number of benzene rings is 1. The molecule has 1 fully saturated rings. The summed E-state index contributed by atoms with van der Waals surface area (Å²) >= 11 is 0. The van der Waals surface area contributed by atoms with E-state index in [4.69, 9.17) is 23.6 Å². The molecule has 176 valence electrons. The predicted octanol–water partition coefficient (Wildman–Crippen LogP) is 3.36. The molecule has 0 aliphatic carbocycles. The number of nitrogens with zero attached hydrogens (tertiary/aromatic N) is 2. The molecule has 2 aromatic rings. The zero-order valence-electron chi connectivity index (χ0n) is 19.2. The molecule has 0 bridgehead atoms. The summed E-state index contributed by atoms with van der Waals surface area (Å²) in [6, 6.07) is 11.7.